The summed E-state index contributed by atoms with van der Waals surface area (Å²) in [4.78, 5) is 14.3. The Morgan fingerprint density at radius 3 is 2.29 bits per heavy atom. The van der Waals surface area contributed by atoms with E-state index in [2.05, 4.69) is 4.98 Å². The van der Waals surface area contributed by atoms with E-state index in [1.807, 2.05) is 0 Å². The highest BCUT2D eigenvalue weighted by molar-refractivity contribution is 5.85. The van der Waals surface area contributed by atoms with E-state index < -0.39 is 17.6 Å². The largest absolute Gasteiger partial charge is 0.477 e. The molecule has 1 aromatic carbocycles. The smallest absolute Gasteiger partial charge is 0.354 e. The monoisotopic (exact) mass is 235 g/mol. The zero-order valence-electron chi connectivity index (χ0n) is 8.52. The van der Waals surface area contributed by atoms with Crippen molar-refractivity contribution in [3.05, 3.63) is 53.9 Å². The molecule has 0 amide bonds. The minimum atomic E-state index is -1.14. The van der Waals surface area contributed by atoms with Crippen LogP contribution in [0, 0.1) is 11.6 Å². The van der Waals surface area contributed by atoms with E-state index in [9.17, 15) is 13.6 Å². The molecule has 0 fully saturated rings. The van der Waals surface area contributed by atoms with E-state index in [-0.39, 0.29) is 5.69 Å². The van der Waals surface area contributed by atoms with Crippen LogP contribution < -0.4 is 0 Å². The number of nitrogens with zero attached hydrogens (tertiary/aromatic N) is 1. The summed E-state index contributed by atoms with van der Waals surface area (Å²) in [6, 6.07) is 6.24. The van der Waals surface area contributed by atoms with Gasteiger partial charge in [-0.25, -0.2) is 18.6 Å². The average molecular weight is 235 g/mol. The lowest BCUT2D eigenvalue weighted by Gasteiger charge is -2.02. The van der Waals surface area contributed by atoms with Crippen LogP contribution in [0.2, 0.25) is 0 Å². The Kier molecular flexibility index (Phi) is 2.82. The molecule has 0 radical (unpaired) electrons. The lowest BCUT2D eigenvalue weighted by atomic mass is 10.1. The van der Waals surface area contributed by atoms with Gasteiger partial charge >= 0.3 is 5.97 Å². The summed E-state index contributed by atoms with van der Waals surface area (Å²) in [5, 5.41) is 8.65. The Balaban J connectivity index is 2.39. The molecule has 86 valence electrons. The second-order valence-corrected chi connectivity index (χ2v) is 3.37. The second-order valence-electron chi connectivity index (χ2n) is 3.37. The van der Waals surface area contributed by atoms with Crippen molar-refractivity contribution in [1.29, 1.82) is 0 Å². The molecular weight excluding hydrogens is 228 g/mol. The highest BCUT2D eigenvalue weighted by Crippen LogP contribution is 2.20. The molecule has 0 spiro atoms. The minimum absolute atomic E-state index is 0.101. The van der Waals surface area contributed by atoms with Crippen LogP contribution in [0.4, 0.5) is 8.78 Å². The predicted octanol–water partition coefficient (Wildman–Crippen LogP) is 2.73. The molecule has 0 aliphatic heterocycles. The summed E-state index contributed by atoms with van der Waals surface area (Å²) in [7, 11) is 0. The molecule has 1 N–H and O–H groups in total. The van der Waals surface area contributed by atoms with E-state index in [1.165, 1.54) is 24.4 Å². The molecule has 1 heterocycles. The molecule has 2 aromatic rings. The van der Waals surface area contributed by atoms with Crippen LogP contribution in [0.3, 0.4) is 0 Å². The number of hydrogen-bond acceptors (Lipinski definition) is 2. The minimum Gasteiger partial charge on any atom is -0.477 e. The van der Waals surface area contributed by atoms with Gasteiger partial charge in [0.1, 0.15) is 5.69 Å². The van der Waals surface area contributed by atoms with Crippen LogP contribution in [0.15, 0.2) is 36.5 Å². The van der Waals surface area contributed by atoms with Crippen molar-refractivity contribution in [3.63, 3.8) is 0 Å². The normalized spacial score (nSPS) is 10.2. The SMILES string of the molecule is O=C(O)c1ccc(-c2ccc(F)c(F)c2)cn1. The number of aromatic nitrogens is 1. The van der Waals surface area contributed by atoms with Crippen LogP contribution in [0.1, 0.15) is 10.5 Å². The number of aromatic carboxylic acids is 1. The Morgan fingerprint density at radius 1 is 1.06 bits per heavy atom. The van der Waals surface area contributed by atoms with Gasteiger partial charge in [-0.15, -0.1) is 0 Å². The fourth-order valence-electron chi connectivity index (χ4n) is 1.37. The Labute approximate surface area is 95.4 Å². The first-order valence-electron chi connectivity index (χ1n) is 4.72. The Morgan fingerprint density at radius 2 is 1.76 bits per heavy atom. The first-order valence-corrected chi connectivity index (χ1v) is 4.72. The second kappa shape index (κ2) is 4.29. The predicted molar refractivity (Wildman–Crippen MR) is 56.5 cm³/mol. The number of pyridine rings is 1. The fourth-order valence-corrected chi connectivity index (χ4v) is 1.37. The first kappa shape index (κ1) is 11.2. The highest BCUT2D eigenvalue weighted by Gasteiger charge is 2.07. The summed E-state index contributed by atoms with van der Waals surface area (Å²) in [5.74, 6) is -3.02. The van der Waals surface area contributed by atoms with Crippen molar-refractivity contribution in [2.45, 2.75) is 0 Å². The highest BCUT2D eigenvalue weighted by atomic mass is 19.2. The summed E-state index contributed by atoms with van der Waals surface area (Å²) in [5.41, 5.74) is 0.860. The number of halogens is 2. The molecule has 5 heteroatoms. The van der Waals surface area contributed by atoms with Crippen LogP contribution in [0.25, 0.3) is 11.1 Å². The number of benzene rings is 1. The maximum Gasteiger partial charge on any atom is 0.354 e. The number of hydrogen-bond donors (Lipinski definition) is 1. The molecule has 2 rings (SSSR count). The summed E-state index contributed by atoms with van der Waals surface area (Å²) in [6.45, 7) is 0. The van der Waals surface area contributed by atoms with Gasteiger partial charge in [0.15, 0.2) is 11.6 Å². The molecular formula is C12H7F2NO2. The van der Waals surface area contributed by atoms with Gasteiger partial charge in [0.2, 0.25) is 0 Å². The molecule has 3 nitrogen and oxygen atoms in total. The molecule has 17 heavy (non-hydrogen) atoms. The quantitative estimate of drug-likeness (QED) is 0.870. The van der Waals surface area contributed by atoms with E-state index in [0.717, 1.165) is 12.1 Å². The number of carboxylic acid groups (broad SMARTS) is 1. The van der Waals surface area contributed by atoms with Gasteiger partial charge in [-0.1, -0.05) is 12.1 Å². The van der Waals surface area contributed by atoms with Crippen LogP contribution in [-0.2, 0) is 0 Å². The van der Waals surface area contributed by atoms with E-state index in [4.69, 9.17) is 5.11 Å². The Bertz CT molecular complexity index is 567. The average Bonchev–Trinajstić information content (AvgIpc) is 2.33. The van der Waals surface area contributed by atoms with Gasteiger partial charge in [0.05, 0.1) is 0 Å². The lowest BCUT2D eigenvalue weighted by molar-refractivity contribution is 0.0690. The van der Waals surface area contributed by atoms with E-state index in [1.54, 1.807) is 0 Å². The fraction of sp³-hybridized carbons (Fsp3) is 0. The third-order valence-electron chi connectivity index (χ3n) is 2.24. The summed E-state index contributed by atoms with van der Waals surface area (Å²) in [6.07, 6.45) is 1.30. The number of rotatable bonds is 2. The van der Waals surface area contributed by atoms with Gasteiger partial charge < -0.3 is 5.11 Å². The van der Waals surface area contributed by atoms with Gasteiger partial charge in [-0.05, 0) is 23.8 Å². The molecule has 0 bridgehead atoms. The standard InChI is InChI=1S/C12H7F2NO2/c13-9-3-1-7(5-10(9)14)8-2-4-11(12(16)17)15-6-8/h1-6H,(H,16,17). The molecule has 0 aliphatic rings. The third-order valence-corrected chi connectivity index (χ3v) is 2.24. The molecule has 0 atom stereocenters. The van der Waals surface area contributed by atoms with E-state index >= 15 is 0 Å². The lowest BCUT2D eigenvalue weighted by Crippen LogP contribution is -1.99. The van der Waals surface area contributed by atoms with Gasteiger partial charge in [0, 0.05) is 11.8 Å². The van der Waals surface area contributed by atoms with Crippen molar-refractivity contribution in [2.75, 3.05) is 0 Å². The summed E-state index contributed by atoms with van der Waals surface area (Å²) >= 11 is 0. The van der Waals surface area contributed by atoms with E-state index in [0.29, 0.717) is 11.1 Å². The Hall–Kier alpha value is -2.30. The van der Waals surface area contributed by atoms with Crippen molar-refractivity contribution in [2.24, 2.45) is 0 Å². The topological polar surface area (TPSA) is 50.2 Å². The summed E-state index contributed by atoms with van der Waals surface area (Å²) < 4.78 is 25.7. The van der Waals surface area contributed by atoms with Crippen molar-refractivity contribution >= 4 is 5.97 Å². The van der Waals surface area contributed by atoms with Gasteiger partial charge in [0.25, 0.3) is 0 Å². The zero-order chi connectivity index (χ0) is 12.4. The van der Waals surface area contributed by atoms with Crippen molar-refractivity contribution in [1.82, 2.24) is 4.98 Å². The van der Waals surface area contributed by atoms with Crippen LogP contribution in [-0.4, -0.2) is 16.1 Å². The van der Waals surface area contributed by atoms with Gasteiger partial charge in [-0.3, -0.25) is 0 Å². The van der Waals surface area contributed by atoms with Gasteiger partial charge in [-0.2, -0.15) is 0 Å². The van der Waals surface area contributed by atoms with Crippen molar-refractivity contribution < 1.29 is 18.7 Å². The van der Waals surface area contributed by atoms with Crippen LogP contribution >= 0.6 is 0 Å². The molecule has 0 saturated carbocycles. The number of carboxylic acids is 1. The van der Waals surface area contributed by atoms with Crippen LogP contribution in [0.5, 0.6) is 0 Å². The molecule has 0 unspecified atom stereocenters. The maximum atomic E-state index is 13.0. The third kappa shape index (κ3) is 2.28. The molecule has 0 saturated heterocycles. The molecule has 0 aliphatic carbocycles. The van der Waals surface area contributed by atoms with Crippen molar-refractivity contribution in [3.8, 4) is 11.1 Å². The maximum absolute atomic E-state index is 13.0. The molecule has 1 aromatic heterocycles. The number of carbonyl (C=O) groups is 1. The first-order chi connectivity index (χ1) is 8.08. The zero-order valence-corrected chi connectivity index (χ0v) is 8.52.